The second-order valence-electron chi connectivity index (χ2n) is 14.9. The van der Waals surface area contributed by atoms with Crippen molar-refractivity contribution in [3.63, 3.8) is 0 Å². The van der Waals surface area contributed by atoms with E-state index in [2.05, 4.69) is 77.2 Å². The molecule has 0 bridgehead atoms. The van der Waals surface area contributed by atoms with Gasteiger partial charge in [-0.3, -0.25) is 14.2 Å². The summed E-state index contributed by atoms with van der Waals surface area (Å²) in [5.41, 5.74) is -2.14. The molecule has 1 aliphatic rings. The Balaban J connectivity index is 2.18. The van der Waals surface area contributed by atoms with E-state index in [1.54, 1.807) is 18.2 Å². The first-order valence-electron chi connectivity index (χ1n) is 15.8. The first kappa shape index (κ1) is 39.1. The smallest absolute Gasteiger partial charge is 0.359 e. The molecule has 3 rings (SSSR count). The molecule has 1 aliphatic heterocycles. The maximum Gasteiger partial charge on any atom is 0.359 e. The van der Waals surface area contributed by atoms with Crippen LogP contribution in [0.25, 0.3) is 0 Å². The normalized spacial score (nSPS) is 18.9. The van der Waals surface area contributed by atoms with E-state index in [1.165, 1.54) is 12.1 Å². The van der Waals surface area contributed by atoms with Crippen LogP contribution in [0.15, 0.2) is 46.1 Å². The van der Waals surface area contributed by atoms with Crippen molar-refractivity contribution in [1.29, 1.82) is 0 Å². The van der Waals surface area contributed by atoms with Crippen molar-refractivity contribution < 1.29 is 42.2 Å². The topological polar surface area (TPSA) is 151 Å². The van der Waals surface area contributed by atoms with E-state index in [-0.39, 0.29) is 28.7 Å². The minimum absolute atomic E-state index is 0.0463. The number of benzene rings is 1. The van der Waals surface area contributed by atoms with Gasteiger partial charge in [0.05, 0.1) is 33.1 Å². The summed E-state index contributed by atoms with van der Waals surface area (Å²) in [6.45, 7) is 21.4. The van der Waals surface area contributed by atoms with E-state index in [0.29, 0.717) is 4.57 Å². The molecule has 13 nitrogen and oxygen atoms in total. The van der Waals surface area contributed by atoms with Gasteiger partial charge in [-0.2, -0.15) is 4.57 Å². The monoisotopic (exact) mass is 706 g/mol. The van der Waals surface area contributed by atoms with Crippen molar-refractivity contribution in [1.82, 2.24) is 9.13 Å². The Labute approximate surface area is 283 Å². The average Bonchev–Trinajstić information content (AvgIpc) is 3.39. The van der Waals surface area contributed by atoms with E-state index in [9.17, 15) is 24.0 Å². The van der Waals surface area contributed by atoms with Gasteiger partial charge in [0, 0.05) is 12.0 Å². The molecular weight excluding hydrogens is 657 g/mol. The molecule has 0 aliphatic carbocycles. The predicted molar refractivity (Wildman–Crippen MR) is 183 cm³/mol. The number of ether oxygens (including phenoxy) is 4. The van der Waals surface area contributed by atoms with Gasteiger partial charge in [0.25, 0.3) is 12.0 Å². The number of rotatable bonds is 11. The highest BCUT2D eigenvalue weighted by Crippen LogP contribution is 2.42. The predicted octanol–water partition coefficient (Wildman–Crippen LogP) is 4.49. The molecule has 2 heterocycles. The molecular formula is C33H50N2O11Si2. The molecule has 1 saturated heterocycles. The molecule has 0 unspecified atom stereocenters. The third-order valence-electron chi connectivity index (χ3n) is 9.54. The van der Waals surface area contributed by atoms with Gasteiger partial charge in [-0.05, 0) is 48.4 Å². The second kappa shape index (κ2) is 14.6. The van der Waals surface area contributed by atoms with E-state index in [0.717, 1.165) is 25.0 Å². The molecule has 15 heteroatoms. The first-order valence-corrected chi connectivity index (χ1v) is 21.7. The number of hydrogen-bond acceptors (Lipinski definition) is 11. The van der Waals surface area contributed by atoms with Gasteiger partial charge in [-0.15, -0.1) is 0 Å². The Hall–Kier alpha value is -3.38. The highest BCUT2D eigenvalue weighted by Gasteiger charge is 2.47. The van der Waals surface area contributed by atoms with Crippen molar-refractivity contribution in [2.45, 2.75) is 109 Å². The molecule has 2 aromatic rings. The third-order valence-corrected chi connectivity index (χ3v) is 18.5. The standard InChI is InChI=1S/C33H50N2O11Si2/c1-32(2,3)47(9,10)43-20-24-22(46-48(11,12)33(4,5)6)18-25(44-24)34-19-23(45-26(29(38)41-7)30(39)42-8)28(37)35(31(34)40)27(36)21-16-14-13-15-17-21/h13-17,19,22,24-26H,18,20H2,1-12H3/t22-,24+,25+/m0/s1. The van der Waals surface area contributed by atoms with Crippen LogP contribution < -0.4 is 16.0 Å². The summed E-state index contributed by atoms with van der Waals surface area (Å²) in [5.74, 6) is -3.89. The van der Waals surface area contributed by atoms with E-state index in [1.807, 2.05) is 0 Å². The summed E-state index contributed by atoms with van der Waals surface area (Å²) in [6, 6.07) is 7.73. The van der Waals surface area contributed by atoms with Gasteiger partial charge in [0.1, 0.15) is 12.3 Å². The summed E-state index contributed by atoms with van der Waals surface area (Å²) in [7, 11) is -2.53. The maximum absolute atomic E-state index is 14.0. The number of nitrogens with zero attached hydrogens (tertiary/aromatic N) is 2. The minimum atomic E-state index is -2.36. The zero-order chi connectivity index (χ0) is 36.4. The molecule has 0 saturated carbocycles. The quantitative estimate of drug-likeness (QED) is 0.185. The van der Waals surface area contributed by atoms with Crippen LogP contribution in [0.2, 0.25) is 36.3 Å². The average molecular weight is 707 g/mol. The molecule has 3 atom stereocenters. The van der Waals surface area contributed by atoms with Crippen LogP contribution in [-0.2, 0) is 32.7 Å². The van der Waals surface area contributed by atoms with Crippen LogP contribution in [0.1, 0.15) is 64.5 Å². The van der Waals surface area contributed by atoms with Crippen LogP contribution in [-0.4, -0.2) is 82.8 Å². The lowest BCUT2D eigenvalue weighted by Gasteiger charge is -2.40. The van der Waals surface area contributed by atoms with E-state index < -0.39 is 76.0 Å². The van der Waals surface area contributed by atoms with E-state index >= 15 is 0 Å². The van der Waals surface area contributed by atoms with Crippen LogP contribution >= 0.6 is 0 Å². The second-order valence-corrected chi connectivity index (χ2v) is 24.5. The highest BCUT2D eigenvalue weighted by molar-refractivity contribution is 6.74. The minimum Gasteiger partial charge on any atom is -0.466 e. The lowest BCUT2D eigenvalue weighted by Crippen LogP contribution is -2.48. The SMILES string of the molecule is COC(=O)C(Oc1cn([C@H]2C[C@H](O[Si](C)(C)C(C)(C)C)[C@@H](CO[Si](C)(C)C(C)(C)C)O2)c(=O)n(C(=O)c2ccccc2)c1=O)C(=O)OC. The van der Waals surface area contributed by atoms with Crippen LogP contribution in [0.4, 0.5) is 0 Å². The maximum atomic E-state index is 14.0. The van der Waals surface area contributed by atoms with Gasteiger partial charge in [-0.25, -0.2) is 14.4 Å². The number of methoxy groups -OCH3 is 2. The Morgan fingerprint density at radius 2 is 1.44 bits per heavy atom. The number of hydrogen-bond donors (Lipinski definition) is 0. The lowest BCUT2D eigenvalue weighted by molar-refractivity contribution is -0.163. The number of carbonyl (C=O) groups is 3. The highest BCUT2D eigenvalue weighted by atomic mass is 28.4. The molecule has 0 spiro atoms. The molecule has 1 aromatic carbocycles. The van der Waals surface area contributed by atoms with Gasteiger partial charge in [0.15, 0.2) is 16.6 Å². The Kier molecular flexibility index (Phi) is 11.9. The van der Waals surface area contributed by atoms with Crippen LogP contribution in [0.5, 0.6) is 5.75 Å². The van der Waals surface area contributed by atoms with Crippen molar-refractivity contribution >= 4 is 34.5 Å². The Morgan fingerprint density at radius 3 is 1.94 bits per heavy atom. The third kappa shape index (κ3) is 8.42. The number of esters is 2. The van der Waals surface area contributed by atoms with Crippen molar-refractivity contribution in [2.75, 3.05) is 20.8 Å². The lowest BCUT2D eigenvalue weighted by atomic mass is 10.2. The molecule has 266 valence electrons. The summed E-state index contributed by atoms with van der Waals surface area (Å²) >= 11 is 0. The molecule has 1 aromatic heterocycles. The van der Waals surface area contributed by atoms with E-state index in [4.69, 9.17) is 18.3 Å². The summed E-state index contributed by atoms with van der Waals surface area (Å²) < 4.78 is 36.2. The molecule has 0 N–H and O–H groups in total. The zero-order valence-electron chi connectivity index (χ0n) is 30.1. The fourth-order valence-corrected chi connectivity index (χ4v) is 6.84. The Morgan fingerprint density at radius 1 is 0.896 bits per heavy atom. The summed E-state index contributed by atoms with van der Waals surface area (Å²) in [4.78, 5) is 66.3. The molecule has 0 radical (unpaired) electrons. The summed E-state index contributed by atoms with van der Waals surface area (Å²) in [5, 5.41) is -0.215. The van der Waals surface area contributed by atoms with Crippen LogP contribution in [0.3, 0.4) is 0 Å². The number of aromatic nitrogens is 2. The zero-order valence-corrected chi connectivity index (χ0v) is 32.1. The van der Waals surface area contributed by atoms with Crippen molar-refractivity contribution in [2.24, 2.45) is 0 Å². The van der Waals surface area contributed by atoms with Crippen molar-refractivity contribution in [3.8, 4) is 5.75 Å². The van der Waals surface area contributed by atoms with Gasteiger partial charge < -0.3 is 27.8 Å². The molecule has 48 heavy (non-hydrogen) atoms. The number of carbonyl (C=O) groups excluding carboxylic acids is 3. The largest absolute Gasteiger partial charge is 0.466 e. The van der Waals surface area contributed by atoms with Crippen LogP contribution in [0, 0.1) is 0 Å². The fraction of sp³-hybridized carbons (Fsp3) is 0.606. The van der Waals surface area contributed by atoms with Crippen molar-refractivity contribution in [3.05, 3.63) is 62.9 Å². The van der Waals surface area contributed by atoms with Gasteiger partial charge in [0.2, 0.25) is 5.75 Å². The fourth-order valence-electron chi connectivity index (χ4n) is 4.47. The van der Waals surface area contributed by atoms with Gasteiger partial charge >= 0.3 is 23.2 Å². The molecule has 1 fully saturated rings. The molecule has 0 amide bonds. The Bertz CT molecular complexity index is 1590. The van der Waals surface area contributed by atoms with Gasteiger partial charge in [-0.1, -0.05) is 59.7 Å². The summed E-state index contributed by atoms with van der Waals surface area (Å²) in [6.07, 6.45) is -2.94. The first-order chi connectivity index (χ1) is 22.1.